The number of hydrogen-bond acceptors (Lipinski definition) is 6. The fraction of sp³-hybridized carbons (Fsp3) is 0.333. The minimum absolute atomic E-state index is 0.275. The SMILES string of the molecule is CCOC(=O)[C@@H](C)Sc1nc(=O)n2ccccc2n1. The fourth-order valence-electron chi connectivity index (χ4n) is 1.46. The molecule has 6 nitrogen and oxygen atoms in total. The Morgan fingerprint density at radius 2 is 2.26 bits per heavy atom. The number of carbonyl (C=O) groups excluding carboxylic acids is 1. The lowest BCUT2D eigenvalue weighted by Gasteiger charge is -2.09. The summed E-state index contributed by atoms with van der Waals surface area (Å²) < 4.78 is 6.24. The van der Waals surface area contributed by atoms with E-state index in [4.69, 9.17) is 4.74 Å². The number of carbonyl (C=O) groups is 1. The van der Waals surface area contributed by atoms with Gasteiger partial charge in [-0.15, -0.1) is 0 Å². The monoisotopic (exact) mass is 279 g/mol. The molecule has 0 fully saturated rings. The number of hydrogen-bond donors (Lipinski definition) is 0. The van der Waals surface area contributed by atoms with Crippen LogP contribution in [0.15, 0.2) is 34.3 Å². The molecule has 19 heavy (non-hydrogen) atoms. The maximum Gasteiger partial charge on any atom is 0.355 e. The van der Waals surface area contributed by atoms with Gasteiger partial charge in [-0.05, 0) is 26.0 Å². The van der Waals surface area contributed by atoms with Gasteiger partial charge in [0.05, 0.1) is 6.61 Å². The molecule has 2 aromatic rings. The highest BCUT2D eigenvalue weighted by molar-refractivity contribution is 8.00. The lowest BCUT2D eigenvalue weighted by molar-refractivity contribution is -0.142. The Morgan fingerprint density at radius 3 is 3.00 bits per heavy atom. The van der Waals surface area contributed by atoms with Crippen molar-refractivity contribution < 1.29 is 9.53 Å². The predicted octanol–water partition coefficient (Wildman–Crippen LogP) is 1.13. The van der Waals surface area contributed by atoms with Gasteiger partial charge >= 0.3 is 11.7 Å². The minimum atomic E-state index is -0.453. The first-order chi connectivity index (χ1) is 9.11. The summed E-state index contributed by atoms with van der Waals surface area (Å²) >= 11 is 1.11. The normalized spacial score (nSPS) is 12.3. The molecule has 0 N–H and O–H groups in total. The van der Waals surface area contributed by atoms with E-state index in [0.29, 0.717) is 12.3 Å². The van der Waals surface area contributed by atoms with Gasteiger partial charge in [0, 0.05) is 6.20 Å². The van der Waals surface area contributed by atoms with Crippen LogP contribution in [-0.4, -0.2) is 32.2 Å². The Kier molecular flexibility index (Phi) is 4.16. The van der Waals surface area contributed by atoms with Crippen molar-refractivity contribution in [3.63, 3.8) is 0 Å². The molecule has 0 aliphatic carbocycles. The second-order valence-electron chi connectivity index (χ2n) is 3.73. The highest BCUT2D eigenvalue weighted by Gasteiger charge is 2.17. The van der Waals surface area contributed by atoms with Gasteiger partial charge in [0.25, 0.3) is 0 Å². The van der Waals surface area contributed by atoms with Crippen LogP contribution < -0.4 is 5.69 Å². The van der Waals surface area contributed by atoms with Gasteiger partial charge in [0.15, 0.2) is 5.16 Å². The molecular formula is C12H13N3O3S. The summed E-state index contributed by atoms with van der Waals surface area (Å²) in [5.41, 5.74) is 0.0882. The smallest absolute Gasteiger partial charge is 0.355 e. The first kappa shape index (κ1) is 13.5. The number of fused-ring (bicyclic) bond motifs is 1. The predicted molar refractivity (Wildman–Crippen MR) is 71.2 cm³/mol. The molecule has 0 spiro atoms. The van der Waals surface area contributed by atoms with Crippen molar-refractivity contribution in [1.29, 1.82) is 0 Å². The molecule has 2 heterocycles. The molecular weight excluding hydrogens is 266 g/mol. The molecule has 0 bridgehead atoms. The lowest BCUT2D eigenvalue weighted by atomic mass is 10.5. The number of pyridine rings is 1. The topological polar surface area (TPSA) is 73.6 Å². The highest BCUT2D eigenvalue weighted by Crippen LogP contribution is 2.19. The van der Waals surface area contributed by atoms with Crippen LogP contribution in [0.2, 0.25) is 0 Å². The summed E-state index contributed by atoms with van der Waals surface area (Å²) in [5, 5.41) is -0.178. The molecule has 0 saturated heterocycles. The van der Waals surface area contributed by atoms with Crippen LogP contribution in [0.3, 0.4) is 0 Å². The van der Waals surface area contributed by atoms with Crippen molar-refractivity contribution >= 4 is 23.4 Å². The third-order valence-electron chi connectivity index (χ3n) is 2.35. The maximum absolute atomic E-state index is 11.8. The van der Waals surface area contributed by atoms with E-state index in [9.17, 15) is 9.59 Å². The Bertz CT molecular complexity index is 656. The van der Waals surface area contributed by atoms with Crippen LogP contribution in [0.4, 0.5) is 0 Å². The molecule has 0 aliphatic heterocycles. The standard InChI is InChI=1S/C12H13N3O3S/c1-3-18-10(16)8(2)19-11-13-9-6-4-5-7-15(9)12(17)14-11/h4-8H,3H2,1-2H3/t8-/m1/s1. The number of esters is 1. The summed E-state index contributed by atoms with van der Waals surface area (Å²) in [7, 11) is 0. The second kappa shape index (κ2) is 5.83. The first-order valence-electron chi connectivity index (χ1n) is 5.80. The van der Waals surface area contributed by atoms with Gasteiger partial charge in [0.2, 0.25) is 0 Å². The van der Waals surface area contributed by atoms with Gasteiger partial charge in [-0.1, -0.05) is 17.8 Å². The van der Waals surface area contributed by atoms with E-state index in [0.717, 1.165) is 11.8 Å². The molecule has 0 unspecified atom stereocenters. The summed E-state index contributed by atoms with van der Waals surface area (Å²) in [4.78, 5) is 31.3. The Labute approximate surface area is 113 Å². The Hall–Kier alpha value is -1.89. The molecule has 0 aromatic carbocycles. The summed E-state index contributed by atoms with van der Waals surface area (Å²) in [6, 6.07) is 5.22. The van der Waals surface area contributed by atoms with Crippen molar-refractivity contribution in [2.24, 2.45) is 0 Å². The van der Waals surface area contributed by atoms with Crippen molar-refractivity contribution in [2.45, 2.75) is 24.3 Å². The van der Waals surface area contributed by atoms with E-state index in [-0.39, 0.29) is 11.1 Å². The minimum Gasteiger partial charge on any atom is -0.465 e. The van der Waals surface area contributed by atoms with Crippen LogP contribution in [0.25, 0.3) is 5.65 Å². The second-order valence-corrected chi connectivity index (χ2v) is 5.04. The molecule has 2 aromatic heterocycles. The van der Waals surface area contributed by atoms with E-state index >= 15 is 0 Å². The first-order valence-corrected chi connectivity index (χ1v) is 6.68. The quantitative estimate of drug-likeness (QED) is 0.617. The molecule has 7 heteroatoms. The number of thioether (sulfide) groups is 1. The third-order valence-corrected chi connectivity index (χ3v) is 3.29. The van der Waals surface area contributed by atoms with E-state index in [1.165, 1.54) is 4.40 Å². The van der Waals surface area contributed by atoms with Gasteiger partial charge in [-0.25, -0.2) is 9.78 Å². The Balaban J connectivity index is 2.26. The van der Waals surface area contributed by atoms with Crippen molar-refractivity contribution in [3.8, 4) is 0 Å². The molecule has 1 atom stereocenters. The van der Waals surface area contributed by atoms with Crippen molar-refractivity contribution in [2.75, 3.05) is 6.61 Å². The maximum atomic E-state index is 11.8. The summed E-state index contributed by atoms with van der Waals surface area (Å²) in [6.45, 7) is 3.76. The van der Waals surface area contributed by atoms with E-state index in [2.05, 4.69) is 9.97 Å². The van der Waals surface area contributed by atoms with Gasteiger partial charge in [0.1, 0.15) is 10.9 Å². The molecule has 0 aliphatic rings. The van der Waals surface area contributed by atoms with Crippen LogP contribution in [0.1, 0.15) is 13.8 Å². The van der Waals surface area contributed by atoms with Crippen LogP contribution in [0.5, 0.6) is 0 Å². The van der Waals surface area contributed by atoms with Crippen LogP contribution in [-0.2, 0) is 9.53 Å². The zero-order valence-corrected chi connectivity index (χ0v) is 11.4. The average Bonchev–Trinajstić information content (AvgIpc) is 2.39. The van der Waals surface area contributed by atoms with Crippen LogP contribution in [0, 0.1) is 0 Å². The zero-order chi connectivity index (χ0) is 13.8. The molecule has 0 amide bonds. The van der Waals surface area contributed by atoms with Gasteiger partial charge < -0.3 is 4.74 Å². The van der Waals surface area contributed by atoms with Crippen LogP contribution >= 0.6 is 11.8 Å². The molecule has 2 rings (SSSR count). The van der Waals surface area contributed by atoms with Crippen molar-refractivity contribution in [3.05, 3.63) is 34.9 Å². The third kappa shape index (κ3) is 3.11. The largest absolute Gasteiger partial charge is 0.465 e. The number of rotatable bonds is 4. The summed E-state index contributed by atoms with van der Waals surface area (Å²) in [6.07, 6.45) is 1.60. The number of ether oxygens (including phenoxy) is 1. The average molecular weight is 279 g/mol. The molecule has 100 valence electrons. The molecule has 0 radical (unpaired) electrons. The number of nitrogens with zero attached hydrogens (tertiary/aromatic N) is 3. The summed E-state index contributed by atoms with van der Waals surface area (Å²) in [5.74, 6) is -0.343. The highest BCUT2D eigenvalue weighted by atomic mass is 32.2. The fourth-order valence-corrected chi connectivity index (χ4v) is 2.22. The lowest BCUT2D eigenvalue weighted by Crippen LogP contribution is -2.21. The number of aromatic nitrogens is 3. The Morgan fingerprint density at radius 1 is 1.47 bits per heavy atom. The van der Waals surface area contributed by atoms with Gasteiger partial charge in [-0.2, -0.15) is 4.98 Å². The zero-order valence-electron chi connectivity index (χ0n) is 10.6. The van der Waals surface area contributed by atoms with Gasteiger partial charge in [-0.3, -0.25) is 9.20 Å². The molecule has 0 saturated carbocycles. The van der Waals surface area contributed by atoms with E-state index in [1.54, 1.807) is 38.2 Å². The van der Waals surface area contributed by atoms with E-state index < -0.39 is 10.9 Å². The van der Waals surface area contributed by atoms with E-state index in [1.807, 2.05) is 0 Å². The van der Waals surface area contributed by atoms with Crippen molar-refractivity contribution in [1.82, 2.24) is 14.4 Å².